The number of rotatable bonds is 2. The zero-order valence-electron chi connectivity index (χ0n) is 12.5. The molecule has 23 heavy (non-hydrogen) atoms. The zero-order chi connectivity index (χ0) is 15.8. The molecule has 4 nitrogen and oxygen atoms in total. The third-order valence-corrected chi connectivity index (χ3v) is 4.87. The second-order valence-corrected chi connectivity index (χ2v) is 6.77. The molecule has 5 heteroatoms. The number of halogens is 1. The predicted molar refractivity (Wildman–Crippen MR) is 94.3 cm³/mol. The minimum Gasteiger partial charge on any atom is -0.328 e. The molecule has 0 bridgehead atoms. The van der Waals surface area contributed by atoms with E-state index in [4.69, 9.17) is 0 Å². The van der Waals surface area contributed by atoms with Crippen molar-refractivity contribution in [1.82, 2.24) is 9.55 Å². The number of hydrogen-bond donors (Lipinski definition) is 1. The summed E-state index contributed by atoms with van der Waals surface area (Å²) < 4.78 is 3.24. The molecule has 0 saturated carbocycles. The second kappa shape index (κ2) is 5.81. The quantitative estimate of drug-likeness (QED) is 0.741. The van der Waals surface area contributed by atoms with Crippen LogP contribution in [0.1, 0.15) is 12.2 Å². The van der Waals surface area contributed by atoms with Crippen LogP contribution in [0.4, 0.5) is 5.69 Å². The highest BCUT2D eigenvalue weighted by Gasteiger charge is 2.27. The van der Waals surface area contributed by atoms with Crippen molar-refractivity contribution >= 4 is 38.6 Å². The van der Waals surface area contributed by atoms with E-state index in [0.717, 1.165) is 40.0 Å². The lowest BCUT2D eigenvalue weighted by molar-refractivity contribution is -0.120. The summed E-state index contributed by atoms with van der Waals surface area (Å²) in [6.45, 7) is 0.842. The molecule has 0 fully saturated rings. The van der Waals surface area contributed by atoms with Crippen molar-refractivity contribution in [3.8, 4) is 0 Å². The van der Waals surface area contributed by atoms with Gasteiger partial charge in [-0.25, -0.2) is 4.98 Å². The van der Waals surface area contributed by atoms with Crippen LogP contribution in [-0.4, -0.2) is 15.5 Å². The Kier molecular flexibility index (Phi) is 3.65. The normalized spacial score (nSPS) is 17.0. The molecule has 0 aliphatic carbocycles. The van der Waals surface area contributed by atoms with Crippen molar-refractivity contribution in [2.24, 2.45) is 5.92 Å². The molecule has 116 valence electrons. The number of anilines is 1. The molecule has 1 amide bonds. The highest BCUT2D eigenvalue weighted by Crippen LogP contribution is 2.26. The number of aryl methyl sites for hydroxylation is 1. The molecular formula is C18H16BrN3O. The molecular weight excluding hydrogens is 354 g/mol. The second-order valence-electron chi connectivity index (χ2n) is 5.85. The summed E-state index contributed by atoms with van der Waals surface area (Å²) in [5.41, 5.74) is 3.00. The first kappa shape index (κ1) is 14.5. The molecule has 0 saturated heterocycles. The van der Waals surface area contributed by atoms with Gasteiger partial charge in [0.1, 0.15) is 5.82 Å². The van der Waals surface area contributed by atoms with Gasteiger partial charge in [0.05, 0.1) is 11.0 Å². The topological polar surface area (TPSA) is 46.9 Å². The van der Waals surface area contributed by atoms with E-state index >= 15 is 0 Å². The van der Waals surface area contributed by atoms with Crippen molar-refractivity contribution in [3.05, 3.63) is 58.8 Å². The summed E-state index contributed by atoms with van der Waals surface area (Å²) in [7, 11) is 0. The van der Waals surface area contributed by atoms with Crippen molar-refractivity contribution in [2.45, 2.75) is 19.4 Å². The molecule has 1 aliphatic heterocycles. The van der Waals surface area contributed by atoms with E-state index in [-0.39, 0.29) is 11.8 Å². The largest absolute Gasteiger partial charge is 0.328 e. The van der Waals surface area contributed by atoms with Crippen LogP contribution in [0, 0.1) is 5.92 Å². The molecule has 3 aromatic rings. The predicted octanol–water partition coefficient (Wildman–Crippen LogP) is 4.00. The Morgan fingerprint density at radius 2 is 1.96 bits per heavy atom. The summed E-state index contributed by atoms with van der Waals surface area (Å²) in [5.74, 6) is 1.06. The number of para-hydroxylation sites is 2. The lowest BCUT2D eigenvalue weighted by Crippen LogP contribution is -2.30. The Morgan fingerprint density at radius 3 is 2.78 bits per heavy atom. The Balaban J connectivity index is 1.53. The summed E-state index contributed by atoms with van der Waals surface area (Å²) in [6, 6.07) is 15.8. The fourth-order valence-electron chi connectivity index (χ4n) is 3.14. The molecule has 1 aromatic heterocycles. The number of nitrogens with zero attached hydrogens (tertiary/aromatic N) is 2. The van der Waals surface area contributed by atoms with Gasteiger partial charge in [-0.3, -0.25) is 4.79 Å². The van der Waals surface area contributed by atoms with Gasteiger partial charge in [0.2, 0.25) is 5.91 Å². The fraction of sp³-hybridized carbons (Fsp3) is 0.222. The molecule has 1 N–H and O–H groups in total. The van der Waals surface area contributed by atoms with Crippen LogP contribution in [0.2, 0.25) is 0 Å². The molecule has 0 spiro atoms. The SMILES string of the molecule is O=C(Nc1ccc(Br)cc1)[C@@H]1CCn2c(nc3ccccc32)C1. The van der Waals surface area contributed by atoms with Crippen molar-refractivity contribution in [1.29, 1.82) is 0 Å². The number of carbonyl (C=O) groups excluding carboxylic acids is 1. The lowest BCUT2D eigenvalue weighted by atomic mass is 9.96. The summed E-state index contributed by atoms with van der Waals surface area (Å²) in [5, 5.41) is 3.01. The maximum atomic E-state index is 12.5. The van der Waals surface area contributed by atoms with E-state index in [0.29, 0.717) is 6.42 Å². The third-order valence-electron chi connectivity index (χ3n) is 4.35. The first-order valence-corrected chi connectivity index (χ1v) is 8.50. The first-order valence-electron chi connectivity index (χ1n) is 7.71. The first-order chi connectivity index (χ1) is 11.2. The maximum Gasteiger partial charge on any atom is 0.228 e. The van der Waals surface area contributed by atoms with Gasteiger partial charge in [-0.2, -0.15) is 0 Å². The number of aromatic nitrogens is 2. The molecule has 2 heterocycles. The standard InChI is InChI=1S/C18H16BrN3O/c19-13-5-7-14(8-6-13)20-18(23)12-9-10-22-16-4-2-1-3-15(16)21-17(22)11-12/h1-8,12H,9-11H2,(H,20,23)/t12-/m1/s1. The minimum absolute atomic E-state index is 0.0250. The minimum atomic E-state index is -0.0250. The van der Waals surface area contributed by atoms with Crippen LogP contribution < -0.4 is 5.32 Å². The smallest absolute Gasteiger partial charge is 0.228 e. The number of hydrogen-bond acceptors (Lipinski definition) is 2. The number of amides is 1. The molecule has 1 aliphatic rings. The van der Waals surface area contributed by atoms with E-state index in [1.807, 2.05) is 42.5 Å². The van der Waals surface area contributed by atoms with Gasteiger partial charge in [0, 0.05) is 29.0 Å². The number of nitrogens with one attached hydrogen (secondary N) is 1. The van der Waals surface area contributed by atoms with Crippen LogP contribution in [0.5, 0.6) is 0 Å². The Morgan fingerprint density at radius 1 is 1.17 bits per heavy atom. The summed E-state index contributed by atoms with van der Waals surface area (Å²) in [6.07, 6.45) is 1.53. The molecule has 2 aromatic carbocycles. The number of fused-ring (bicyclic) bond motifs is 3. The highest BCUT2D eigenvalue weighted by atomic mass is 79.9. The van der Waals surface area contributed by atoms with E-state index in [1.54, 1.807) is 0 Å². The average Bonchev–Trinajstić information content (AvgIpc) is 2.94. The number of imidazole rings is 1. The van der Waals surface area contributed by atoms with E-state index < -0.39 is 0 Å². The van der Waals surface area contributed by atoms with Gasteiger partial charge < -0.3 is 9.88 Å². The average molecular weight is 370 g/mol. The third kappa shape index (κ3) is 2.77. The zero-order valence-corrected chi connectivity index (χ0v) is 14.1. The van der Waals surface area contributed by atoms with Gasteiger partial charge in [-0.1, -0.05) is 28.1 Å². The van der Waals surface area contributed by atoms with Gasteiger partial charge in [-0.05, 0) is 42.8 Å². The monoisotopic (exact) mass is 369 g/mol. The highest BCUT2D eigenvalue weighted by molar-refractivity contribution is 9.10. The van der Waals surface area contributed by atoms with Crippen LogP contribution in [0.25, 0.3) is 11.0 Å². The van der Waals surface area contributed by atoms with Gasteiger partial charge >= 0.3 is 0 Å². The van der Waals surface area contributed by atoms with E-state index in [1.165, 1.54) is 0 Å². The van der Waals surface area contributed by atoms with E-state index in [9.17, 15) is 4.79 Å². The maximum absolute atomic E-state index is 12.5. The molecule has 1 atom stereocenters. The lowest BCUT2D eigenvalue weighted by Gasteiger charge is -2.23. The van der Waals surface area contributed by atoms with Crippen molar-refractivity contribution in [3.63, 3.8) is 0 Å². The van der Waals surface area contributed by atoms with E-state index in [2.05, 4.69) is 36.9 Å². The number of benzene rings is 2. The Bertz CT molecular complexity index is 870. The molecule has 0 unspecified atom stereocenters. The van der Waals surface area contributed by atoms with Gasteiger partial charge in [-0.15, -0.1) is 0 Å². The molecule has 0 radical (unpaired) electrons. The fourth-order valence-corrected chi connectivity index (χ4v) is 3.40. The molecule has 4 rings (SSSR count). The van der Waals surface area contributed by atoms with Crippen molar-refractivity contribution in [2.75, 3.05) is 5.32 Å². The summed E-state index contributed by atoms with van der Waals surface area (Å²) >= 11 is 3.40. The number of carbonyl (C=O) groups is 1. The van der Waals surface area contributed by atoms with Gasteiger partial charge in [0.25, 0.3) is 0 Å². The van der Waals surface area contributed by atoms with Gasteiger partial charge in [0.15, 0.2) is 0 Å². The van der Waals surface area contributed by atoms with Crippen molar-refractivity contribution < 1.29 is 4.79 Å². The van der Waals surface area contributed by atoms with Crippen LogP contribution >= 0.6 is 15.9 Å². The van der Waals surface area contributed by atoms with Crippen LogP contribution in [-0.2, 0) is 17.8 Å². The van der Waals surface area contributed by atoms with Crippen LogP contribution in [0.15, 0.2) is 53.0 Å². The Labute approximate surface area is 142 Å². The van der Waals surface area contributed by atoms with Crippen LogP contribution in [0.3, 0.4) is 0 Å². The summed E-state index contributed by atoms with van der Waals surface area (Å²) in [4.78, 5) is 17.2. The Hall–Kier alpha value is -2.14.